The summed E-state index contributed by atoms with van der Waals surface area (Å²) >= 11 is 0. The van der Waals surface area contributed by atoms with Crippen LogP contribution in [0.1, 0.15) is 23.1 Å². The summed E-state index contributed by atoms with van der Waals surface area (Å²) in [6, 6.07) is 9.78. The zero-order valence-electron chi connectivity index (χ0n) is 12.0. The number of benzene rings is 2. The van der Waals surface area contributed by atoms with Gasteiger partial charge in [0.25, 0.3) is 0 Å². The lowest BCUT2D eigenvalue weighted by Crippen LogP contribution is -2.23. The molecular formula is C17H14O5. The van der Waals surface area contributed by atoms with Gasteiger partial charge >= 0.3 is 0 Å². The predicted octanol–water partition coefficient (Wildman–Crippen LogP) is 3.03. The Morgan fingerprint density at radius 2 is 1.77 bits per heavy atom. The van der Waals surface area contributed by atoms with E-state index in [1.807, 2.05) is 30.3 Å². The van der Waals surface area contributed by atoms with Gasteiger partial charge in [0.05, 0.1) is 19.6 Å². The van der Waals surface area contributed by atoms with Gasteiger partial charge in [-0.25, -0.2) is 0 Å². The molecule has 2 aromatic carbocycles. The van der Waals surface area contributed by atoms with Crippen molar-refractivity contribution in [2.75, 3.05) is 20.5 Å². The van der Waals surface area contributed by atoms with Gasteiger partial charge in [0, 0.05) is 23.3 Å². The van der Waals surface area contributed by atoms with Crippen LogP contribution in [0.25, 0.3) is 0 Å². The summed E-state index contributed by atoms with van der Waals surface area (Å²) in [7, 11) is 1.65. The van der Waals surface area contributed by atoms with Gasteiger partial charge in [-0.15, -0.1) is 0 Å². The van der Waals surface area contributed by atoms with Crippen molar-refractivity contribution in [3.05, 3.63) is 41.5 Å². The number of hydrogen-bond donors (Lipinski definition) is 0. The third kappa shape index (κ3) is 1.53. The highest BCUT2D eigenvalue weighted by Crippen LogP contribution is 2.54. The quantitative estimate of drug-likeness (QED) is 0.810. The molecule has 0 amide bonds. The first-order valence-electron chi connectivity index (χ1n) is 7.24. The molecule has 5 heteroatoms. The van der Waals surface area contributed by atoms with Gasteiger partial charge in [-0.3, -0.25) is 0 Å². The summed E-state index contributed by atoms with van der Waals surface area (Å²) in [5, 5.41) is 0. The molecule has 0 saturated carbocycles. The van der Waals surface area contributed by atoms with E-state index in [0.717, 1.165) is 39.9 Å². The van der Waals surface area contributed by atoms with Crippen molar-refractivity contribution in [3.63, 3.8) is 0 Å². The molecule has 5 rings (SSSR count). The Balaban J connectivity index is 1.58. The number of rotatable bonds is 1. The van der Waals surface area contributed by atoms with Gasteiger partial charge in [0.2, 0.25) is 6.79 Å². The molecule has 0 unspecified atom stereocenters. The summed E-state index contributed by atoms with van der Waals surface area (Å²) in [6.07, 6.45) is -0.0350. The van der Waals surface area contributed by atoms with E-state index >= 15 is 0 Å². The Bertz CT molecular complexity index is 770. The highest BCUT2D eigenvalue weighted by atomic mass is 16.7. The molecule has 3 heterocycles. The van der Waals surface area contributed by atoms with Crippen molar-refractivity contribution in [1.82, 2.24) is 0 Å². The molecule has 0 spiro atoms. The van der Waals surface area contributed by atoms with E-state index < -0.39 is 0 Å². The molecule has 2 atom stereocenters. The first-order valence-corrected chi connectivity index (χ1v) is 7.24. The van der Waals surface area contributed by atoms with E-state index in [9.17, 15) is 0 Å². The van der Waals surface area contributed by atoms with E-state index in [4.69, 9.17) is 23.7 Å². The topological polar surface area (TPSA) is 46.2 Å². The van der Waals surface area contributed by atoms with Crippen LogP contribution >= 0.6 is 0 Å². The van der Waals surface area contributed by atoms with Crippen molar-refractivity contribution >= 4 is 0 Å². The third-order valence-electron chi connectivity index (χ3n) is 4.47. The molecule has 2 aromatic rings. The van der Waals surface area contributed by atoms with Crippen molar-refractivity contribution < 1.29 is 23.7 Å². The highest BCUT2D eigenvalue weighted by molar-refractivity contribution is 5.57. The van der Waals surface area contributed by atoms with Gasteiger partial charge in [-0.1, -0.05) is 0 Å². The number of ether oxygens (including phenoxy) is 5. The minimum absolute atomic E-state index is 0.0350. The Labute approximate surface area is 127 Å². The fourth-order valence-corrected chi connectivity index (χ4v) is 3.35. The molecule has 0 N–H and O–H groups in total. The molecule has 0 bridgehead atoms. The van der Waals surface area contributed by atoms with Gasteiger partial charge in [-0.05, 0) is 18.2 Å². The standard InChI is InChI=1S/C17H14O5/c1-18-9-2-3-10-13(4-9)19-7-12-11-5-15-16(21-8-20-15)6-14(11)22-17(10)12/h2-6,12,17H,7-8H2,1H3/t12-,17-/m0/s1. The van der Waals surface area contributed by atoms with Crippen LogP contribution in [0.4, 0.5) is 0 Å². The SMILES string of the molecule is COc1ccc2c(c1)OC[C@H]1c3cc4c(cc3O[C@@H]21)OCO4. The zero-order valence-corrected chi connectivity index (χ0v) is 12.0. The lowest BCUT2D eigenvalue weighted by atomic mass is 9.89. The van der Waals surface area contributed by atoms with Crippen LogP contribution in [0.2, 0.25) is 0 Å². The summed E-state index contributed by atoms with van der Waals surface area (Å²) in [4.78, 5) is 0. The largest absolute Gasteiger partial charge is 0.497 e. The summed E-state index contributed by atoms with van der Waals surface area (Å²) in [5.41, 5.74) is 2.17. The minimum atomic E-state index is -0.0350. The zero-order chi connectivity index (χ0) is 14.7. The lowest BCUT2D eigenvalue weighted by molar-refractivity contribution is 0.138. The summed E-state index contributed by atoms with van der Waals surface area (Å²) < 4.78 is 28.3. The second-order valence-electron chi connectivity index (χ2n) is 5.60. The summed E-state index contributed by atoms with van der Waals surface area (Å²) in [6.45, 7) is 0.850. The van der Waals surface area contributed by atoms with Crippen molar-refractivity contribution in [2.45, 2.75) is 12.0 Å². The fraction of sp³-hybridized carbons (Fsp3) is 0.294. The van der Waals surface area contributed by atoms with E-state index in [1.165, 1.54) is 0 Å². The van der Waals surface area contributed by atoms with Gasteiger partial charge in [0.1, 0.15) is 23.4 Å². The molecular weight excluding hydrogens is 284 g/mol. The Hall–Kier alpha value is -2.56. The molecule has 0 aliphatic carbocycles. The molecule has 0 fully saturated rings. The average molecular weight is 298 g/mol. The number of hydrogen-bond acceptors (Lipinski definition) is 5. The van der Waals surface area contributed by atoms with Gasteiger partial charge in [-0.2, -0.15) is 0 Å². The van der Waals surface area contributed by atoms with E-state index in [2.05, 4.69) is 0 Å². The van der Waals surface area contributed by atoms with E-state index in [1.54, 1.807) is 7.11 Å². The molecule has 5 nitrogen and oxygen atoms in total. The molecule has 0 saturated heterocycles. The maximum atomic E-state index is 6.18. The van der Waals surface area contributed by atoms with Crippen LogP contribution < -0.4 is 23.7 Å². The third-order valence-corrected chi connectivity index (χ3v) is 4.47. The molecule has 3 aliphatic heterocycles. The van der Waals surface area contributed by atoms with Crippen LogP contribution in [-0.4, -0.2) is 20.5 Å². The van der Waals surface area contributed by atoms with Crippen LogP contribution in [0.3, 0.4) is 0 Å². The normalized spacial score (nSPS) is 23.0. The van der Waals surface area contributed by atoms with E-state index in [-0.39, 0.29) is 18.8 Å². The first kappa shape index (κ1) is 12.0. The Kier molecular flexibility index (Phi) is 2.31. The lowest BCUT2D eigenvalue weighted by Gasteiger charge is -2.28. The second-order valence-corrected chi connectivity index (χ2v) is 5.60. The maximum absolute atomic E-state index is 6.18. The maximum Gasteiger partial charge on any atom is 0.231 e. The first-order chi connectivity index (χ1) is 10.8. The average Bonchev–Trinajstić information content (AvgIpc) is 3.15. The molecule has 3 aliphatic rings. The predicted molar refractivity (Wildman–Crippen MR) is 77.2 cm³/mol. The minimum Gasteiger partial charge on any atom is -0.497 e. The monoisotopic (exact) mass is 298 g/mol. The van der Waals surface area contributed by atoms with Crippen LogP contribution in [0.5, 0.6) is 28.7 Å². The van der Waals surface area contributed by atoms with E-state index in [0.29, 0.717) is 6.61 Å². The fourth-order valence-electron chi connectivity index (χ4n) is 3.35. The molecule has 0 aromatic heterocycles. The number of methoxy groups -OCH3 is 1. The van der Waals surface area contributed by atoms with Crippen molar-refractivity contribution in [1.29, 1.82) is 0 Å². The molecule has 112 valence electrons. The highest BCUT2D eigenvalue weighted by Gasteiger charge is 2.42. The molecule has 22 heavy (non-hydrogen) atoms. The Morgan fingerprint density at radius 3 is 2.64 bits per heavy atom. The smallest absolute Gasteiger partial charge is 0.231 e. The van der Waals surface area contributed by atoms with Gasteiger partial charge in [0.15, 0.2) is 11.5 Å². The van der Waals surface area contributed by atoms with Crippen LogP contribution in [0.15, 0.2) is 30.3 Å². The van der Waals surface area contributed by atoms with Crippen molar-refractivity contribution in [3.8, 4) is 28.7 Å². The summed E-state index contributed by atoms with van der Waals surface area (Å²) in [5.74, 6) is 4.16. The Morgan fingerprint density at radius 1 is 0.909 bits per heavy atom. The van der Waals surface area contributed by atoms with Crippen LogP contribution in [0, 0.1) is 0 Å². The van der Waals surface area contributed by atoms with Crippen LogP contribution in [-0.2, 0) is 0 Å². The second kappa shape index (κ2) is 4.22. The molecule has 0 radical (unpaired) electrons. The number of fused-ring (bicyclic) bond motifs is 6. The van der Waals surface area contributed by atoms with Gasteiger partial charge < -0.3 is 23.7 Å². The van der Waals surface area contributed by atoms with Crippen molar-refractivity contribution in [2.24, 2.45) is 0 Å².